The molecule has 5 nitrogen and oxygen atoms in total. The van der Waals surface area contributed by atoms with Gasteiger partial charge >= 0.3 is 0 Å². The van der Waals surface area contributed by atoms with Crippen molar-refractivity contribution in [3.63, 3.8) is 0 Å². The maximum absolute atomic E-state index is 13.1. The minimum Gasteiger partial charge on any atom is -0.385 e. The van der Waals surface area contributed by atoms with Gasteiger partial charge in [0.2, 0.25) is 5.91 Å². The Morgan fingerprint density at radius 3 is 2.85 bits per heavy atom. The fourth-order valence-electron chi connectivity index (χ4n) is 3.53. The van der Waals surface area contributed by atoms with E-state index in [0.29, 0.717) is 31.8 Å². The van der Waals surface area contributed by atoms with Crippen LogP contribution in [0.15, 0.2) is 42.5 Å². The summed E-state index contributed by atoms with van der Waals surface area (Å²) in [4.78, 5) is 27.3. The van der Waals surface area contributed by atoms with Crippen molar-refractivity contribution < 1.29 is 14.3 Å². The Labute approximate surface area is 154 Å². The van der Waals surface area contributed by atoms with Crippen molar-refractivity contribution in [1.29, 1.82) is 0 Å². The highest BCUT2D eigenvalue weighted by Crippen LogP contribution is 2.23. The fourth-order valence-corrected chi connectivity index (χ4v) is 3.53. The molecule has 0 spiro atoms. The van der Waals surface area contributed by atoms with Gasteiger partial charge in [-0.2, -0.15) is 0 Å². The number of nitrogens with zero attached hydrogens (tertiary/aromatic N) is 1. The van der Waals surface area contributed by atoms with E-state index in [4.69, 9.17) is 4.74 Å². The molecule has 26 heavy (non-hydrogen) atoms. The van der Waals surface area contributed by atoms with E-state index < -0.39 is 0 Å². The first-order chi connectivity index (χ1) is 12.7. The molecule has 1 saturated heterocycles. The molecule has 2 aromatic carbocycles. The predicted octanol–water partition coefficient (Wildman–Crippen LogP) is 2.84. The van der Waals surface area contributed by atoms with Crippen molar-refractivity contribution in [3.05, 3.63) is 48.0 Å². The summed E-state index contributed by atoms with van der Waals surface area (Å²) in [7, 11) is 1.65. The molecule has 1 N–H and O–H groups in total. The van der Waals surface area contributed by atoms with Crippen LogP contribution in [0.2, 0.25) is 0 Å². The molecule has 3 rings (SSSR count). The number of hydrogen-bond acceptors (Lipinski definition) is 3. The lowest BCUT2D eigenvalue weighted by atomic mass is 9.95. The monoisotopic (exact) mass is 354 g/mol. The Morgan fingerprint density at radius 1 is 1.19 bits per heavy atom. The molecule has 0 aromatic heterocycles. The van der Waals surface area contributed by atoms with E-state index in [2.05, 4.69) is 5.32 Å². The summed E-state index contributed by atoms with van der Waals surface area (Å²) in [5, 5.41) is 4.98. The predicted molar refractivity (Wildman–Crippen MR) is 102 cm³/mol. The number of ether oxygens (including phenoxy) is 1. The summed E-state index contributed by atoms with van der Waals surface area (Å²) in [5.74, 6) is -0.0829. The number of carbonyl (C=O) groups is 2. The average Bonchev–Trinajstić information content (AvgIpc) is 2.70. The smallest absolute Gasteiger partial charge is 0.254 e. The van der Waals surface area contributed by atoms with E-state index in [9.17, 15) is 9.59 Å². The molecule has 0 aliphatic carbocycles. The van der Waals surface area contributed by atoms with Crippen molar-refractivity contribution in [2.24, 2.45) is 5.92 Å². The molecule has 138 valence electrons. The van der Waals surface area contributed by atoms with Crippen molar-refractivity contribution >= 4 is 22.6 Å². The highest BCUT2D eigenvalue weighted by atomic mass is 16.5. The molecule has 5 heteroatoms. The summed E-state index contributed by atoms with van der Waals surface area (Å²) in [6, 6.07) is 13.7. The first-order valence-corrected chi connectivity index (χ1v) is 9.24. The topological polar surface area (TPSA) is 58.6 Å². The van der Waals surface area contributed by atoms with Gasteiger partial charge in [-0.25, -0.2) is 0 Å². The van der Waals surface area contributed by atoms with Gasteiger partial charge in [0.25, 0.3) is 5.91 Å². The third-order valence-corrected chi connectivity index (χ3v) is 4.92. The van der Waals surface area contributed by atoms with Crippen LogP contribution < -0.4 is 5.32 Å². The van der Waals surface area contributed by atoms with Crippen LogP contribution in [0.3, 0.4) is 0 Å². The maximum atomic E-state index is 13.1. The Hall–Kier alpha value is -2.40. The SMILES string of the molecule is COCCCNC(=O)C1CCCN(C(=O)c2cccc3ccccc23)C1. The van der Waals surface area contributed by atoms with Crippen molar-refractivity contribution in [3.8, 4) is 0 Å². The average molecular weight is 354 g/mol. The van der Waals surface area contributed by atoms with Crippen LogP contribution in [0, 0.1) is 5.92 Å². The number of amides is 2. The van der Waals surface area contributed by atoms with Gasteiger partial charge in [0, 0.05) is 38.9 Å². The molecule has 1 aliphatic heterocycles. The van der Waals surface area contributed by atoms with Crippen LogP contribution in [0.5, 0.6) is 0 Å². The van der Waals surface area contributed by atoms with Gasteiger partial charge in [0.05, 0.1) is 5.92 Å². The second kappa shape index (κ2) is 8.81. The molecule has 1 unspecified atom stereocenters. The van der Waals surface area contributed by atoms with Crippen molar-refractivity contribution in [1.82, 2.24) is 10.2 Å². The van der Waals surface area contributed by atoms with Gasteiger partial charge in [-0.15, -0.1) is 0 Å². The molecule has 2 amide bonds. The Morgan fingerprint density at radius 2 is 2.00 bits per heavy atom. The van der Waals surface area contributed by atoms with E-state index in [0.717, 1.165) is 30.0 Å². The quantitative estimate of drug-likeness (QED) is 0.812. The first kappa shape index (κ1) is 18.4. The first-order valence-electron chi connectivity index (χ1n) is 9.24. The van der Waals surface area contributed by atoms with E-state index in [-0.39, 0.29) is 17.7 Å². The summed E-state index contributed by atoms with van der Waals surface area (Å²) < 4.78 is 5.00. The van der Waals surface area contributed by atoms with Crippen LogP contribution in [0.1, 0.15) is 29.6 Å². The Kier molecular flexibility index (Phi) is 6.23. The zero-order valence-corrected chi connectivity index (χ0v) is 15.2. The fraction of sp³-hybridized carbons (Fsp3) is 0.429. The third kappa shape index (κ3) is 4.22. The number of hydrogen-bond donors (Lipinski definition) is 1. The zero-order chi connectivity index (χ0) is 18.4. The molecule has 0 bridgehead atoms. The largest absolute Gasteiger partial charge is 0.385 e. The zero-order valence-electron chi connectivity index (χ0n) is 15.2. The van der Waals surface area contributed by atoms with Crippen LogP contribution >= 0.6 is 0 Å². The van der Waals surface area contributed by atoms with E-state index in [1.807, 2.05) is 47.4 Å². The number of methoxy groups -OCH3 is 1. The number of likely N-dealkylation sites (tertiary alicyclic amines) is 1. The summed E-state index contributed by atoms with van der Waals surface area (Å²) in [5.41, 5.74) is 0.712. The lowest BCUT2D eigenvalue weighted by Crippen LogP contribution is -2.45. The molecule has 1 atom stereocenters. The van der Waals surface area contributed by atoms with Crippen molar-refractivity contribution in [2.45, 2.75) is 19.3 Å². The van der Waals surface area contributed by atoms with E-state index >= 15 is 0 Å². The molecule has 1 fully saturated rings. The normalized spacial score (nSPS) is 17.3. The molecule has 2 aromatic rings. The summed E-state index contributed by atoms with van der Waals surface area (Å²) in [6.07, 6.45) is 2.48. The standard InChI is InChI=1S/C21H26N2O3/c1-26-14-6-12-22-20(24)17-9-5-13-23(15-17)21(25)19-11-4-8-16-7-2-3-10-18(16)19/h2-4,7-8,10-11,17H,5-6,9,12-15H2,1H3,(H,22,24). The lowest BCUT2D eigenvalue weighted by molar-refractivity contribution is -0.126. The maximum Gasteiger partial charge on any atom is 0.254 e. The molecular weight excluding hydrogens is 328 g/mol. The summed E-state index contributed by atoms with van der Waals surface area (Å²) >= 11 is 0. The van der Waals surface area contributed by atoms with Gasteiger partial charge in [-0.05, 0) is 36.1 Å². The molecule has 0 saturated carbocycles. The number of benzene rings is 2. The number of fused-ring (bicyclic) bond motifs is 1. The van der Waals surface area contributed by atoms with Gasteiger partial charge in [-0.1, -0.05) is 36.4 Å². The van der Waals surface area contributed by atoms with Crippen molar-refractivity contribution in [2.75, 3.05) is 33.4 Å². The number of carbonyl (C=O) groups excluding carboxylic acids is 2. The lowest BCUT2D eigenvalue weighted by Gasteiger charge is -2.32. The highest BCUT2D eigenvalue weighted by Gasteiger charge is 2.29. The van der Waals surface area contributed by atoms with Crippen LogP contribution in [-0.4, -0.2) is 50.1 Å². The molecule has 0 radical (unpaired) electrons. The molecule has 1 aliphatic rings. The summed E-state index contributed by atoms with van der Waals surface area (Å²) in [6.45, 7) is 2.44. The van der Waals surface area contributed by atoms with E-state index in [1.165, 1.54) is 0 Å². The Balaban J connectivity index is 1.67. The molecule has 1 heterocycles. The van der Waals surface area contributed by atoms with Crippen LogP contribution in [-0.2, 0) is 9.53 Å². The second-order valence-electron chi connectivity index (χ2n) is 6.75. The van der Waals surface area contributed by atoms with Gasteiger partial charge < -0.3 is 15.0 Å². The highest BCUT2D eigenvalue weighted by molar-refractivity contribution is 6.07. The Bertz CT molecular complexity index is 769. The van der Waals surface area contributed by atoms with Crippen LogP contribution in [0.4, 0.5) is 0 Å². The minimum absolute atomic E-state index is 0.0127. The van der Waals surface area contributed by atoms with Gasteiger partial charge in [0.1, 0.15) is 0 Å². The van der Waals surface area contributed by atoms with Crippen LogP contribution in [0.25, 0.3) is 10.8 Å². The van der Waals surface area contributed by atoms with Gasteiger partial charge in [0.15, 0.2) is 0 Å². The number of rotatable bonds is 6. The van der Waals surface area contributed by atoms with E-state index in [1.54, 1.807) is 7.11 Å². The number of piperidine rings is 1. The van der Waals surface area contributed by atoms with Gasteiger partial charge in [-0.3, -0.25) is 9.59 Å². The number of nitrogens with one attached hydrogen (secondary N) is 1. The second-order valence-corrected chi connectivity index (χ2v) is 6.75. The molecular formula is C21H26N2O3. The third-order valence-electron chi connectivity index (χ3n) is 4.92. The minimum atomic E-state index is -0.134.